The van der Waals surface area contributed by atoms with E-state index >= 15 is 0 Å². The fourth-order valence-electron chi connectivity index (χ4n) is 2.91. The summed E-state index contributed by atoms with van der Waals surface area (Å²) in [5.74, 6) is -1.98. The Morgan fingerprint density at radius 3 is 2.03 bits per heavy atom. The van der Waals surface area contributed by atoms with Gasteiger partial charge in [0.2, 0.25) is 0 Å². The highest BCUT2D eigenvalue weighted by molar-refractivity contribution is 7.90. The molecule has 0 unspecified atom stereocenters. The maximum atomic E-state index is 14.4. The molecular formula is C19H13F7N2O5S2. The monoisotopic (exact) mass is 546 g/mol. The van der Waals surface area contributed by atoms with E-state index in [-0.39, 0.29) is 22.5 Å². The van der Waals surface area contributed by atoms with Gasteiger partial charge in [-0.25, -0.2) is 17.5 Å². The number of hydrogen-bond donors (Lipinski definition) is 0. The Balaban J connectivity index is 2.15. The maximum Gasteiger partial charge on any atom is 0.534 e. The normalized spacial score (nSPS) is 13.2. The van der Waals surface area contributed by atoms with Crippen molar-refractivity contribution in [2.45, 2.75) is 23.5 Å². The molecule has 0 radical (unpaired) electrons. The van der Waals surface area contributed by atoms with Crippen molar-refractivity contribution in [2.75, 3.05) is 6.26 Å². The van der Waals surface area contributed by atoms with Gasteiger partial charge < -0.3 is 4.18 Å². The first-order chi connectivity index (χ1) is 15.8. The number of alkyl halides is 6. The van der Waals surface area contributed by atoms with Gasteiger partial charge in [-0.3, -0.25) is 0 Å². The molecule has 0 saturated carbocycles. The van der Waals surface area contributed by atoms with Crippen LogP contribution in [0.5, 0.6) is 5.75 Å². The largest absolute Gasteiger partial charge is 0.534 e. The number of halogens is 7. The summed E-state index contributed by atoms with van der Waals surface area (Å²) < 4.78 is 143. The highest BCUT2D eigenvalue weighted by Crippen LogP contribution is 2.36. The minimum atomic E-state index is -6.00. The average molecular weight is 546 g/mol. The van der Waals surface area contributed by atoms with Crippen LogP contribution in [0.3, 0.4) is 0 Å². The molecule has 190 valence electrons. The number of rotatable bonds is 5. The lowest BCUT2D eigenvalue weighted by Crippen LogP contribution is -2.28. The zero-order chi connectivity index (χ0) is 26.6. The van der Waals surface area contributed by atoms with Gasteiger partial charge in [-0.2, -0.15) is 39.9 Å². The molecule has 7 nitrogen and oxygen atoms in total. The standard InChI is InChI=1S/C19H13F7N2O5S2/c1-10-7-11(3-5-15(10)33-35(31,32)19(24,25)26)14-9-17(18(21,22)23)27-28(14)12-4-6-16(13(20)8-12)34(2,29)30/h3-9H,1-2H3. The topological polar surface area (TPSA) is 95.3 Å². The summed E-state index contributed by atoms with van der Waals surface area (Å²) in [6.07, 6.45) is -4.21. The summed E-state index contributed by atoms with van der Waals surface area (Å²) in [6, 6.07) is 5.88. The molecule has 1 heterocycles. The third-order valence-electron chi connectivity index (χ3n) is 4.51. The number of sulfone groups is 1. The summed E-state index contributed by atoms with van der Waals surface area (Å²) in [5, 5.41) is 3.40. The molecule has 0 amide bonds. The SMILES string of the molecule is Cc1cc(-c2cc(C(F)(F)F)nn2-c2ccc(S(C)(=O)=O)c(F)c2)ccc1OS(=O)(=O)C(F)(F)F. The third-order valence-corrected chi connectivity index (χ3v) is 6.61. The van der Waals surface area contributed by atoms with Crippen LogP contribution in [-0.2, 0) is 26.1 Å². The molecule has 0 spiro atoms. The summed E-state index contributed by atoms with van der Waals surface area (Å²) in [6.45, 7) is 1.15. The van der Waals surface area contributed by atoms with Gasteiger partial charge in [-0.15, -0.1) is 0 Å². The minimum absolute atomic E-state index is 0.0742. The number of hydrogen-bond acceptors (Lipinski definition) is 6. The molecule has 3 aromatic rings. The van der Waals surface area contributed by atoms with E-state index in [9.17, 15) is 47.6 Å². The Hall–Kier alpha value is -3.14. The number of aromatic nitrogens is 2. The highest BCUT2D eigenvalue weighted by atomic mass is 32.2. The molecule has 1 aromatic heterocycles. The van der Waals surface area contributed by atoms with Crippen LogP contribution < -0.4 is 4.18 Å². The van der Waals surface area contributed by atoms with E-state index in [1.165, 1.54) is 0 Å². The molecule has 2 aromatic carbocycles. The van der Waals surface area contributed by atoms with Gasteiger partial charge >= 0.3 is 21.8 Å². The quantitative estimate of drug-likeness (QED) is 0.263. The van der Waals surface area contributed by atoms with E-state index in [1.54, 1.807) is 0 Å². The van der Waals surface area contributed by atoms with Crippen molar-refractivity contribution in [1.82, 2.24) is 9.78 Å². The van der Waals surface area contributed by atoms with Crippen molar-refractivity contribution in [2.24, 2.45) is 0 Å². The fourth-order valence-corrected chi connectivity index (χ4v) is 4.16. The Morgan fingerprint density at radius 2 is 1.54 bits per heavy atom. The van der Waals surface area contributed by atoms with Crippen LogP contribution in [0.4, 0.5) is 30.7 Å². The zero-order valence-corrected chi connectivity index (χ0v) is 19.1. The molecule has 0 bridgehead atoms. The molecule has 0 aliphatic heterocycles. The first-order valence-corrected chi connectivity index (χ1v) is 12.4. The van der Waals surface area contributed by atoms with Crippen molar-refractivity contribution in [3.05, 3.63) is 59.5 Å². The number of benzene rings is 2. The van der Waals surface area contributed by atoms with E-state index in [2.05, 4.69) is 9.28 Å². The van der Waals surface area contributed by atoms with Crippen LogP contribution >= 0.6 is 0 Å². The summed E-state index contributed by atoms with van der Waals surface area (Å²) >= 11 is 0. The highest BCUT2D eigenvalue weighted by Gasteiger charge is 2.48. The zero-order valence-electron chi connectivity index (χ0n) is 17.4. The molecule has 0 aliphatic rings. The Bertz CT molecular complexity index is 1510. The molecule has 0 aliphatic carbocycles. The van der Waals surface area contributed by atoms with Crippen LogP contribution in [0.2, 0.25) is 0 Å². The van der Waals surface area contributed by atoms with Crippen molar-refractivity contribution < 1.29 is 51.8 Å². The van der Waals surface area contributed by atoms with Crippen LogP contribution in [0, 0.1) is 12.7 Å². The fraction of sp³-hybridized carbons (Fsp3) is 0.211. The Labute approximate surface area is 193 Å². The molecule has 3 rings (SSSR count). The molecule has 0 fully saturated rings. The van der Waals surface area contributed by atoms with Crippen LogP contribution in [0.1, 0.15) is 11.3 Å². The van der Waals surface area contributed by atoms with Gasteiger partial charge in [0.15, 0.2) is 15.5 Å². The molecule has 0 saturated heterocycles. The van der Waals surface area contributed by atoms with E-state index in [1.807, 2.05) is 0 Å². The molecule has 35 heavy (non-hydrogen) atoms. The van der Waals surface area contributed by atoms with E-state index in [0.29, 0.717) is 16.8 Å². The second-order valence-corrected chi connectivity index (χ2v) is 10.7. The molecule has 0 atom stereocenters. The van der Waals surface area contributed by atoms with Crippen molar-refractivity contribution in [3.8, 4) is 22.7 Å². The smallest absolute Gasteiger partial charge is 0.376 e. The first-order valence-electron chi connectivity index (χ1n) is 9.10. The van der Waals surface area contributed by atoms with Gasteiger partial charge in [0.1, 0.15) is 16.5 Å². The van der Waals surface area contributed by atoms with Gasteiger partial charge in [0, 0.05) is 17.9 Å². The summed E-state index contributed by atoms with van der Waals surface area (Å²) in [7, 11) is -9.97. The predicted octanol–water partition coefficient (Wildman–Crippen LogP) is 4.64. The number of aryl methyl sites for hydroxylation is 1. The summed E-state index contributed by atoms with van der Waals surface area (Å²) in [4.78, 5) is -0.700. The van der Waals surface area contributed by atoms with Gasteiger partial charge in [-0.05, 0) is 48.9 Å². The Morgan fingerprint density at radius 1 is 0.914 bits per heavy atom. The van der Waals surface area contributed by atoms with E-state index in [4.69, 9.17) is 0 Å². The summed E-state index contributed by atoms with van der Waals surface area (Å²) in [5.41, 5.74) is -7.97. The lowest BCUT2D eigenvalue weighted by Gasteiger charge is -2.13. The van der Waals surface area contributed by atoms with Crippen molar-refractivity contribution in [1.29, 1.82) is 0 Å². The maximum absolute atomic E-state index is 14.4. The lowest BCUT2D eigenvalue weighted by atomic mass is 10.1. The van der Waals surface area contributed by atoms with Gasteiger partial charge in [0.25, 0.3) is 0 Å². The molecule has 16 heteroatoms. The molecule has 0 N–H and O–H groups in total. The predicted molar refractivity (Wildman–Crippen MR) is 107 cm³/mol. The van der Waals surface area contributed by atoms with Crippen LogP contribution in [-0.4, -0.2) is 38.4 Å². The first kappa shape index (κ1) is 26.5. The van der Waals surface area contributed by atoms with Crippen LogP contribution in [0.25, 0.3) is 16.9 Å². The minimum Gasteiger partial charge on any atom is -0.376 e. The van der Waals surface area contributed by atoms with Crippen molar-refractivity contribution in [3.63, 3.8) is 0 Å². The number of nitrogens with zero attached hydrogens (tertiary/aromatic N) is 2. The van der Waals surface area contributed by atoms with E-state index < -0.39 is 53.8 Å². The third kappa shape index (κ3) is 5.42. The Kier molecular flexibility index (Phi) is 6.44. The van der Waals surface area contributed by atoms with Gasteiger partial charge in [0.05, 0.1) is 11.4 Å². The van der Waals surface area contributed by atoms with E-state index in [0.717, 1.165) is 43.5 Å². The lowest BCUT2D eigenvalue weighted by molar-refractivity contribution is -0.141. The average Bonchev–Trinajstić information content (AvgIpc) is 3.13. The molecular weight excluding hydrogens is 533 g/mol. The van der Waals surface area contributed by atoms with Crippen LogP contribution in [0.15, 0.2) is 47.4 Å². The second kappa shape index (κ2) is 8.51. The van der Waals surface area contributed by atoms with Gasteiger partial charge in [-0.1, -0.05) is 0 Å². The second-order valence-electron chi connectivity index (χ2n) is 7.17. The van der Waals surface area contributed by atoms with Crippen molar-refractivity contribution >= 4 is 20.0 Å².